The molecule has 4 aromatic rings. The fourth-order valence-electron chi connectivity index (χ4n) is 3.36. The van der Waals surface area contributed by atoms with E-state index in [1.54, 1.807) is 0 Å². The first-order chi connectivity index (χ1) is 14.0. The van der Waals surface area contributed by atoms with Gasteiger partial charge in [-0.05, 0) is 50.6 Å². The number of H-pyrrole nitrogens is 1. The molecule has 4 rings (SSSR count). The number of aliphatic imine (C=N–C) groups is 1. The van der Waals surface area contributed by atoms with Crippen LogP contribution in [0.15, 0.2) is 82.4 Å². The molecule has 3 heteroatoms. The van der Waals surface area contributed by atoms with Gasteiger partial charge in [0.1, 0.15) is 0 Å². The Balaban J connectivity index is 1.82. The minimum absolute atomic E-state index is 0.954. The van der Waals surface area contributed by atoms with Crippen molar-refractivity contribution in [2.45, 2.75) is 20.8 Å². The molecule has 0 saturated carbocycles. The maximum absolute atomic E-state index is 5.06. The predicted molar refractivity (Wildman–Crippen MR) is 128 cm³/mol. The van der Waals surface area contributed by atoms with Crippen molar-refractivity contribution in [1.29, 1.82) is 0 Å². The molecule has 3 aromatic carbocycles. The van der Waals surface area contributed by atoms with Crippen molar-refractivity contribution in [1.82, 2.24) is 4.98 Å². The Hall–Kier alpha value is -2.91. The average Bonchev–Trinajstić information content (AvgIpc) is 3.13. The van der Waals surface area contributed by atoms with Crippen molar-refractivity contribution in [3.63, 3.8) is 0 Å². The van der Waals surface area contributed by atoms with Crippen LogP contribution in [0.4, 0.5) is 0 Å². The number of hydrogen-bond donors (Lipinski definition) is 1. The monoisotopic (exact) mass is 442 g/mol. The van der Waals surface area contributed by atoms with E-state index in [4.69, 9.17) is 4.99 Å². The number of benzene rings is 3. The molecule has 0 atom stereocenters. The second kappa shape index (κ2) is 8.22. The maximum Gasteiger partial charge on any atom is 0.0711 e. The van der Waals surface area contributed by atoms with Gasteiger partial charge in [0.2, 0.25) is 0 Å². The SMILES string of the molecule is CC(=N/C(=C/c1ccc(C)cc1)c1ccc(C)cc1)c1c[nH]c2ccc(Br)cc12. The number of halogens is 1. The molecule has 0 aliphatic heterocycles. The van der Waals surface area contributed by atoms with Crippen LogP contribution in [-0.2, 0) is 0 Å². The third-order valence-corrected chi connectivity index (χ3v) is 5.54. The number of fused-ring (bicyclic) bond motifs is 1. The Morgan fingerprint density at radius 1 is 0.897 bits per heavy atom. The fourth-order valence-corrected chi connectivity index (χ4v) is 3.72. The predicted octanol–water partition coefficient (Wildman–Crippen LogP) is 7.55. The molecule has 0 radical (unpaired) electrons. The highest BCUT2D eigenvalue weighted by molar-refractivity contribution is 9.10. The van der Waals surface area contributed by atoms with Gasteiger partial charge >= 0.3 is 0 Å². The molecule has 0 fully saturated rings. The Kier molecular flexibility index (Phi) is 5.50. The average molecular weight is 443 g/mol. The number of nitrogens with one attached hydrogen (secondary N) is 1. The third kappa shape index (κ3) is 4.41. The van der Waals surface area contributed by atoms with Crippen LogP contribution in [-0.4, -0.2) is 10.7 Å². The molecule has 0 aliphatic carbocycles. The highest BCUT2D eigenvalue weighted by atomic mass is 79.9. The molecule has 0 bridgehead atoms. The Morgan fingerprint density at radius 3 is 2.24 bits per heavy atom. The highest BCUT2D eigenvalue weighted by Crippen LogP contribution is 2.26. The molecule has 2 nitrogen and oxygen atoms in total. The van der Waals surface area contributed by atoms with E-state index in [-0.39, 0.29) is 0 Å². The van der Waals surface area contributed by atoms with Crippen molar-refractivity contribution in [3.05, 3.63) is 105 Å². The quantitative estimate of drug-likeness (QED) is 0.249. The van der Waals surface area contributed by atoms with Gasteiger partial charge in [-0.1, -0.05) is 75.6 Å². The summed E-state index contributed by atoms with van der Waals surface area (Å²) in [4.78, 5) is 8.41. The van der Waals surface area contributed by atoms with E-state index in [0.717, 1.165) is 38.1 Å². The number of rotatable bonds is 4. The Morgan fingerprint density at radius 2 is 1.55 bits per heavy atom. The zero-order chi connectivity index (χ0) is 20.4. The number of aryl methyl sites for hydroxylation is 2. The van der Waals surface area contributed by atoms with E-state index < -0.39 is 0 Å². The van der Waals surface area contributed by atoms with Crippen molar-refractivity contribution < 1.29 is 0 Å². The Bertz CT molecular complexity index is 1210. The number of hydrogen-bond acceptors (Lipinski definition) is 1. The summed E-state index contributed by atoms with van der Waals surface area (Å²) < 4.78 is 1.06. The summed E-state index contributed by atoms with van der Waals surface area (Å²) in [7, 11) is 0. The van der Waals surface area contributed by atoms with Crippen LogP contribution >= 0.6 is 15.9 Å². The molecule has 0 aliphatic rings. The van der Waals surface area contributed by atoms with Crippen LogP contribution in [0.1, 0.15) is 34.7 Å². The second-order valence-corrected chi connectivity index (χ2v) is 8.31. The standard InChI is InChI=1S/C26H23BrN2/c1-17-4-8-20(9-5-17)14-26(21-10-6-18(2)7-11-21)29-19(3)24-16-28-25-13-12-22(27)15-23(24)25/h4-16,28H,1-3H3/b26-14+,29-19?. The molecule has 1 aromatic heterocycles. The first kappa shape index (κ1) is 19.4. The third-order valence-electron chi connectivity index (χ3n) is 5.05. The van der Waals surface area contributed by atoms with Gasteiger partial charge in [-0.3, -0.25) is 4.99 Å². The molecule has 0 spiro atoms. The molecule has 0 saturated heterocycles. The molecular weight excluding hydrogens is 420 g/mol. The van der Waals surface area contributed by atoms with Gasteiger partial charge in [-0.2, -0.15) is 0 Å². The number of nitrogens with zero attached hydrogens (tertiary/aromatic N) is 1. The van der Waals surface area contributed by atoms with Crippen molar-refractivity contribution in [2.75, 3.05) is 0 Å². The zero-order valence-corrected chi connectivity index (χ0v) is 18.4. The molecule has 0 amide bonds. The van der Waals surface area contributed by atoms with E-state index in [9.17, 15) is 0 Å². The van der Waals surface area contributed by atoms with Crippen LogP contribution in [0.5, 0.6) is 0 Å². The van der Waals surface area contributed by atoms with E-state index in [1.165, 1.54) is 16.5 Å². The summed E-state index contributed by atoms with van der Waals surface area (Å²) in [6.07, 6.45) is 4.19. The first-order valence-corrected chi connectivity index (χ1v) is 10.5. The van der Waals surface area contributed by atoms with Crippen LogP contribution in [0.2, 0.25) is 0 Å². The van der Waals surface area contributed by atoms with Crippen LogP contribution in [0, 0.1) is 13.8 Å². The fraction of sp³-hybridized carbons (Fsp3) is 0.115. The van der Waals surface area contributed by atoms with Gasteiger partial charge in [0.15, 0.2) is 0 Å². The number of aromatic nitrogens is 1. The minimum Gasteiger partial charge on any atom is -0.360 e. The normalized spacial score (nSPS) is 12.6. The lowest BCUT2D eigenvalue weighted by Gasteiger charge is -2.07. The van der Waals surface area contributed by atoms with Gasteiger partial charge in [-0.25, -0.2) is 0 Å². The van der Waals surface area contributed by atoms with Gasteiger partial charge in [-0.15, -0.1) is 0 Å². The van der Waals surface area contributed by atoms with Crippen LogP contribution in [0.3, 0.4) is 0 Å². The summed E-state index contributed by atoms with van der Waals surface area (Å²) in [5, 5.41) is 1.17. The van der Waals surface area contributed by atoms with E-state index >= 15 is 0 Å². The summed E-state index contributed by atoms with van der Waals surface area (Å²) in [5.41, 5.74) is 8.90. The van der Waals surface area contributed by atoms with Crippen LogP contribution in [0.25, 0.3) is 22.7 Å². The summed E-state index contributed by atoms with van der Waals surface area (Å²) in [6, 6.07) is 23.3. The van der Waals surface area contributed by atoms with Gasteiger partial charge < -0.3 is 4.98 Å². The van der Waals surface area contributed by atoms with E-state index in [2.05, 4.69) is 108 Å². The van der Waals surface area contributed by atoms with E-state index in [1.807, 2.05) is 12.3 Å². The molecular formula is C26H23BrN2. The first-order valence-electron chi connectivity index (χ1n) is 9.67. The lowest BCUT2D eigenvalue weighted by Crippen LogP contribution is -1.95. The topological polar surface area (TPSA) is 28.1 Å². The Labute approximate surface area is 180 Å². The summed E-state index contributed by atoms with van der Waals surface area (Å²) in [6.45, 7) is 6.28. The van der Waals surface area contributed by atoms with Gasteiger partial charge in [0, 0.05) is 38.4 Å². The lowest BCUT2D eigenvalue weighted by atomic mass is 10.1. The molecule has 144 valence electrons. The molecule has 1 heterocycles. The number of aromatic amines is 1. The summed E-state index contributed by atoms with van der Waals surface area (Å²) in [5.74, 6) is 0. The maximum atomic E-state index is 5.06. The largest absolute Gasteiger partial charge is 0.360 e. The second-order valence-electron chi connectivity index (χ2n) is 7.40. The minimum atomic E-state index is 0.954. The molecule has 29 heavy (non-hydrogen) atoms. The lowest BCUT2D eigenvalue weighted by molar-refractivity contribution is 1.42. The van der Waals surface area contributed by atoms with E-state index in [0.29, 0.717) is 0 Å². The molecule has 0 unspecified atom stereocenters. The summed E-state index contributed by atoms with van der Waals surface area (Å²) >= 11 is 3.58. The molecule has 1 N–H and O–H groups in total. The van der Waals surface area contributed by atoms with Crippen LogP contribution < -0.4 is 0 Å². The van der Waals surface area contributed by atoms with Crippen molar-refractivity contribution in [3.8, 4) is 0 Å². The van der Waals surface area contributed by atoms with Gasteiger partial charge in [0.25, 0.3) is 0 Å². The van der Waals surface area contributed by atoms with Crippen molar-refractivity contribution >= 4 is 44.3 Å². The smallest absolute Gasteiger partial charge is 0.0711 e. The van der Waals surface area contributed by atoms with Crippen molar-refractivity contribution in [2.24, 2.45) is 4.99 Å². The zero-order valence-electron chi connectivity index (χ0n) is 16.8. The highest BCUT2D eigenvalue weighted by Gasteiger charge is 2.09. The van der Waals surface area contributed by atoms with Gasteiger partial charge in [0.05, 0.1) is 5.70 Å².